The van der Waals surface area contributed by atoms with Crippen LogP contribution in [0.2, 0.25) is 0 Å². The number of rotatable bonds is 12. The second-order valence-electron chi connectivity index (χ2n) is 6.01. The van der Waals surface area contributed by atoms with Gasteiger partial charge in [-0.25, -0.2) is 4.79 Å². The van der Waals surface area contributed by atoms with E-state index in [9.17, 15) is 19.7 Å². The van der Waals surface area contributed by atoms with E-state index in [1.807, 2.05) is 0 Å². The number of ether oxygens (including phenoxy) is 1. The van der Waals surface area contributed by atoms with Gasteiger partial charge in [0.25, 0.3) is 5.09 Å². The van der Waals surface area contributed by atoms with Crippen LogP contribution in [0.15, 0.2) is 0 Å². The molecule has 1 aliphatic heterocycles. The number of amides is 1. The van der Waals surface area contributed by atoms with Crippen molar-refractivity contribution in [1.29, 1.82) is 0 Å². The smallest absolute Gasteiger partial charge is 0.410 e. The summed E-state index contributed by atoms with van der Waals surface area (Å²) in [6.07, 6.45) is 6.69. The fourth-order valence-corrected chi connectivity index (χ4v) is 2.80. The number of hydrogen-bond donors (Lipinski definition) is 0. The first-order chi connectivity index (χ1) is 11.6. The highest BCUT2D eigenvalue weighted by atomic mass is 16.9. The minimum atomic E-state index is -0.840. The van der Waals surface area contributed by atoms with Gasteiger partial charge in [0.15, 0.2) is 5.78 Å². The number of hydrogen-bond acceptors (Lipinski definition) is 6. The van der Waals surface area contributed by atoms with Gasteiger partial charge in [0.05, 0.1) is 19.3 Å². The molecule has 1 amide bonds. The minimum absolute atomic E-state index is 0.00681. The van der Waals surface area contributed by atoms with Crippen molar-refractivity contribution in [2.24, 2.45) is 0 Å². The third-order valence-corrected chi connectivity index (χ3v) is 4.10. The summed E-state index contributed by atoms with van der Waals surface area (Å²) in [5.74, 6) is 0.125. The summed E-state index contributed by atoms with van der Waals surface area (Å²) in [4.78, 5) is 40.0. The zero-order chi connectivity index (χ0) is 17.8. The van der Waals surface area contributed by atoms with Gasteiger partial charge in [-0.15, -0.1) is 10.1 Å². The van der Waals surface area contributed by atoms with Crippen molar-refractivity contribution in [1.82, 2.24) is 4.90 Å². The van der Waals surface area contributed by atoms with E-state index in [4.69, 9.17) is 4.74 Å². The van der Waals surface area contributed by atoms with E-state index in [2.05, 4.69) is 11.8 Å². The maximum absolute atomic E-state index is 12.3. The molecule has 0 spiro atoms. The second-order valence-corrected chi connectivity index (χ2v) is 6.01. The average Bonchev–Trinajstić information content (AvgIpc) is 3.04. The Morgan fingerprint density at radius 3 is 2.62 bits per heavy atom. The van der Waals surface area contributed by atoms with Crippen LogP contribution in [0.5, 0.6) is 0 Å². The first-order valence-corrected chi connectivity index (χ1v) is 8.79. The fourth-order valence-electron chi connectivity index (χ4n) is 2.80. The van der Waals surface area contributed by atoms with Gasteiger partial charge in [-0.05, 0) is 32.1 Å². The molecule has 0 saturated carbocycles. The number of carbonyl (C=O) groups is 2. The van der Waals surface area contributed by atoms with Crippen LogP contribution < -0.4 is 0 Å². The quantitative estimate of drug-likeness (QED) is 0.306. The molecule has 1 aliphatic rings. The van der Waals surface area contributed by atoms with Gasteiger partial charge in [0.2, 0.25) is 0 Å². The van der Waals surface area contributed by atoms with E-state index >= 15 is 0 Å². The van der Waals surface area contributed by atoms with Crippen molar-refractivity contribution < 1.29 is 24.3 Å². The molecule has 1 heterocycles. The number of Topliss-reactive ketones (excluding diaryl/α,β-unsaturated/α-hetero) is 1. The first kappa shape index (κ1) is 20.2. The van der Waals surface area contributed by atoms with Gasteiger partial charge < -0.3 is 9.57 Å². The van der Waals surface area contributed by atoms with Crippen molar-refractivity contribution >= 4 is 11.9 Å². The summed E-state index contributed by atoms with van der Waals surface area (Å²) in [5, 5.41) is 9.14. The van der Waals surface area contributed by atoms with Crippen LogP contribution in [0.3, 0.4) is 0 Å². The molecule has 0 N–H and O–H groups in total. The number of unbranched alkanes of at least 4 members (excludes halogenated alkanes) is 4. The molecule has 0 bridgehead atoms. The van der Waals surface area contributed by atoms with Crippen LogP contribution >= 0.6 is 0 Å². The Morgan fingerprint density at radius 1 is 1.17 bits per heavy atom. The molecule has 0 aromatic rings. The zero-order valence-electron chi connectivity index (χ0n) is 14.4. The van der Waals surface area contributed by atoms with E-state index < -0.39 is 11.2 Å². The number of likely N-dealkylation sites (tertiary alicyclic amines) is 1. The Labute approximate surface area is 142 Å². The van der Waals surface area contributed by atoms with Gasteiger partial charge in [-0.1, -0.05) is 26.2 Å². The Hall–Kier alpha value is -1.86. The summed E-state index contributed by atoms with van der Waals surface area (Å²) in [7, 11) is 0. The highest BCUT2D eigenvalue weighted by molar-refractivity contribution is 5.87. The van der Waals surface area contributed by atoms with Crippen molar-refractivity contribution in [2.75, 3.05) is 19.8 Å². The molecule has 0 radical (unpaired) electrons. The number of nitrogens with zero attached hydrogens (tertiary/aromatic N) is 2. The predicted molar refractivity (Wildman–Crippen MR) is 87.0 cm³/mol. The van der Waals surface area contributed by atoms with Crippen LogP contribution in [-0.4, -0.2) is 47.7 Å². The lowest BCUT2D eigenvalue weighted by atomic mass is 10.0. The third-order valence-electron chi connectivity index (χ3n) is 4.10. The molecular formula is C16H28N2O6. The normalized spacial score (nSPS) is 16.9. The summed E-state index contributed by atoms with van der Waals surface area (Å²) < 4.78 is 5.17. The Bertz CT molecular complexity index is 415. The maximum Gasteiger partial charge on any atom is 0.410 e. The molecule has 0 aromatic carbocycles. The zero-order valence-corrected chi connectivity index (χ0v) is 14.4. The molecule has 1 unspecified atom stereocenters. The Balaban J connectivity index is 2.24. The average molecular weight is 344 g/mol. The van der Waals surface area contributed by atoms with E-state index in [-0.39, 0.29) is 25.0 Å². The summed E-state index contributed by atoms with van der Waals surface area (Å²) >= 11 is 0. The van der Waals surface area contributed by atoms with Gasteiger partial charge >= 0.3 is 6.09 Å². The fraction of sp³-hybridized carbons (Fsp3) is 0.875. The van der Waals surface area contributed by atoms with Crippen LogP contribution in [0.4, 0.5) is 4.79 Å². The molecule has 8 nitrogen and oxygen atoms in total. The van der Waals surface area contributed by atoms with E-state index in [1.165, 1.54) is 4.90 Å². The first-order valence-electron chi connectivity index (χ1n) is 8.79. The minimum Gasteiger partial charge on any atom is -0.449 e. The van der Waals surface area contributed by atoms with Crippen molar-refractivity contribution in [3.8, 4) is 0 Å². The van der Waals surface area contributed by atoms with Crippen LogP contribution in [0.25, 0.3) is 0 Å². The van der Waals surface area contributed by atoms with Gasteiger partial charge in [-0.2, -0.15) is 0 Å². The van der Waals surface area contributed by atoms with Crippen LogP contribution in [0.1, 0.15) is 64.7 Å². The molecule has 1 atom stereocenters. The molecule has 24 heavy (non-hydrogen) atoms. The second kappa shape index (κ2) is 11.6. The lowest BCUT2D eigenvalue weighted by Gasteiger charge is -2.23. The van der Waals surface area contributed by atoms with E-state index in [1.54, 1.807) is 0 Å². The molecular weight excluding hydrogens is 316 g/mol. The summed E-state index contributed by atoms with van der Waals surface area (Å²) in [6, 6.07) is -0.350. The molecule has 1 rings (SSSR count). The Morgan fingerprint density at radius 2 is 1.92 bits per heavy atom. The molecule has 0 aromatic heterocycles. The standard InChI is InChI=1S/C16H28N2O6/c1-2-3-4-5-10-15(19)14-9-8-11-17(14)16(20)23-12-6-7-13-24-18(21)22/h14H,2-13H2,1H3. The highest BCUT2D eigenvalue weighted by Gasteiger charge is 2.34. The largest absolute Gasteiger partial charge is 0.449 e. The summed E-state index contributed by atoms with van der Waals surface area (Å²) in [5.41, 5.74) is 0. The van der Waals surface area contributed by atoms with Crippen LogP contribution in [0, 0.1) is 10.1 Å². The van der Waals surface area contributed by atoms with E-state index in [0.717, 1.165) is 32.1 Å². The Kier molecular flexibility index (Phi) is 9.79. The monoisotopic (exact) mass is 344 g/mol. The molecule has 1 saturated heterocycles. The van der Waals surface area contributed by atoms with Crippen LogP contribution in [-0.2, 0) is 14.4 Å². The van der Waals surface area contributed by atoms with Crippen molar-refractivity contribution in [2.45, 2.75) is 70.8 Å². The molecule has 0 aliphatic carbocycles. The number of ketones is 1. The summed E-state index contributed by atoms with van der Waals surface area (Å²) in [6.45, 7) is 2.84. The maximum atomic E-state index is 12.3. The topological polar surface area (TPSA) is 99.0 Å². The third kappa shape index (κ3) is 7.61. The lowest BCUT2D eigenvalue weighted by Crippen LogP contribution is -2.40. The van der Waals surface area contributed by atoms with Crippen molar-refractivity contribution in [3.05, 3.63) is 10.1 Å². The molecule has 138 valence electrons. The predicted octanol–water partition coefficient (Wildman–Crippen LogP) is 3.12. The van der Waals surface area contributed by atoms with Gasteiger partial charge in [0.1, 0.15) is 0 Å². The van der Waals surface area contributed by atoms with E-state index in [0.29, 0.717) is 32.2 Å². The van der Waals surface area contributed by atoms with Crippen molar-refractivity contribution in [3.63, 3.8) is 0 Å². The number of carbonyl (C=O) groups excluding carboxylic acids is 2. The van der Waals surface area contributed by atoms with Gasteiger partial charge in [0, 0.05) is 13.0 Å². The van der Waals surface area contributed by atoms with Gasteiger partial charge in [-0.3, -0.25) is 9.69 Å². The lowest BCUT2D eigenvalue weighted by molar-refractivity contribution is -0.757. The highest BCUT2D eigenvalue weighted by Crippen LogP contribution is 2.21. The SMILES string of the molecule is CCCCCCC(=O)C1CCCN1C(=O)OCCCCO[N+](=O)[O-]. The molecule has 8 heteroatoms. The molecule has 1 fully saturated rings.